The van der Waals surface area contributed by atoms with Crippen LogP contribution in [-0.2, 0) is 14.3 Å². The molecule has 0 saturated carbocycles. The lowest BCUT2D eigenvalue weighted by atomic mass is 10.1. The highest BCUT2D eigenvalue weighted by Crippen LogP contribution is 2.26. The Labute approximate surface area is 161 Å². The lowest BCUT2D eigenvalue weighted by molar-refractivity contribution is -0.384. The normalized spacial score (nSPS) is 11.5. The average molecular weight is 388 g/mol. The van der Waals surface area contributed by atoms with Gasteiger partial charge in [-0.1, -0.05) is 6.07 Å². The smallest absolute Gasteiger partial charge is 0.319 e. The highest BCUT2D eigenvalue weighted by atomic mass is 32.2. The predicted octanol–water partition coefficient (Wildman–Crippen LogP) is 3.87. The summed E-state index contributed by atoms with van der Waals surface area (Å²) in [5.74, 6) is -0.951. The second-order valence-electron chi connectivity index (χ2n) is 5.97. The maximum absolute atomic E-state index is 12.0. The summed E-state index contributed by atoms with van der Waals surface area (Å²) in [6.07, 6.45) is 0. The Morgan fingerprint density at radius 1 is 1.15 bits per heavy atom. The molecule has 1 amide bonds. The lowest BCUT2D eigenvalue weighted by Gasteiger charge is -2.12. The van der Waals surface area contributed by atoms with Crippen molar-refractivity contribution in [1.29, 1.82) is 0 Å². The van der Waals surface area contributed by atoms with Crippen molar-refractivity contribution in [3.63, 3.8) is 0 Å². The summed E-state index contributed by atoms with van der Waals surface area (Å²) in [6.45, 7) is 5.20. The SMILES string of the molecule is Cc1ccc(NC(=O)COC(=O)[C@@H](C)Sc2ccc([N+](=O)[O-])cc2)cc1C. The van der Waals surface area contributed by atoms with E-state index in [1.54, 1.807) is 25.1 Å². The number of amides is 1. The number of ether oxygens (including phenoxy) is 1. The molecule has 27 heavy (non-hydrogen) atoms. The molecule has 1 N–H and O–H groups in total. The molecule has 0 unspecified atom stereocenters. The van der Waals surface area contributed by atoms with Crippen molar-refractivity contribution in [2.75, 3.05) is 11.9 Å². The van der Waals surface area contributed by atoms with Crippen molar-refractivity contribution >= 4 is 35.0 Å². The molecule has 0 aliphatic carbocycles. The van der Waals surface area contributed by atoms with Crippen LogP contribution in [0.4, 0.5) is 11.4 Å². The minimum absolute atomic E-state index is 0.0161. The van der Waals surface area contributed by atoms with Gasteiger partial charge in [0.1, 0.15) is 5.25 Å². The number of hydrogen-bond acceptors (Lipinski definition) is 6. The first-order chi connectivity index (χ1) is 12.8. The minimum atomic E-state index is -0.555. The fourth-order valence-corrected chi connectivity index (χ4v) is 3.03. The Morgan fingerprint density at radius 2 is 1.81 bits per heavy atom. The molecule has 8 heteroatoms. The van der Waals surface area contributed by atoms with Gasteiger partial charge in [0.2, 0.25) is 0 Å². The average Bonchev–Trinajstić information content (AvgIpc) is 2.63. The third-order valence-electron chi connectivity index (χ3n) is 3.83. The highest BCUT2D eigenvalue weighted by molar-refractivity contribution is 8.00. The number of carbonyl (C=O) groups excluding carboxylic acids is 2. The second kappa shape index (κ2) is 9.18. The van der Waals surface area contributed by atoms with Gasteiger partial charge in [0, 0.05) is 22.7 Å². The third kappa shape index (κ3) is 6.10. The number of aryl methyl sites for hydroxylation is 2. The summed E-state index contributed by atoms with van der Waals surface area (Å²) in [5, 5.41) is 12.8. The fourth-order valence-electron chi connectivity index (χ4n) is 2.17. The summed E-state index contributed by atoms with van der Waals surface area (Å²) in [4.78, 5) is 34.8. The molecular weight excluding hydrogens is 368 g/mol. The van der Waals surface area contributed by atoms with Crippen molar-refractivity contribution in [3.8, 4) is 0 Å². The Balaban J connectivity index is 1.82. The van der Waals surface area contributed by atoms with Gasteiger partial charge in [-0.25, -0.2) is 0 Å². The molecule has 0 aliphatic heterocycles. The van der Waals surface area contributed by atoms with Crippen molar-refractivity contribution in [1.82, 2.24) is 0 Å². The summed E-state index contributed by atoms with van der Waals surface area (Å²) < 4.78 is 5.05. The molecule has 0 fully saturated rings. The molecule has 2 rings (SSSR count). The van der Waals surface area contributed by atoms with Gasteiger partial charge in [-0.05, 0) is 56.2 Å². The first kappa shape index (κ1) is 20.4. The number of hydrogen-bond donors (Lipinski definition) is 1. The molecular formula is C19H20N2O5S. The van der Waals surface area contributed by atoms with E-state index in [-0.39, 0.29) is 12.3 Å². The van der Waals surface area contributed by atoms with Gasteiger partial charge in [-0.3, -0.25) is 19.7 Å². The van der Waals surface area contributed by atoms with Crippen LogP contribution in [0.5, 0.6) is 0 Å². The van der Waals surface area contributed by atoms with Crippen LogP contribution in [0.3, 0.4) is 0 Å². The number of esters is 1. The van der Waals surface area contributed by atoms with Crippen LogP contribution in [0, 0.1) is 24.0 Å². The number of non-ortho nitro benzene ring substituents is 1. The molecule has 0 bridgehead atoms. The number of benzene rings is 2. The summed E-state index contributed by atoms with van der Waals surface area (Å²) in [6, 6.07) is 11.4. The molecule has 2 aromatic carbocycles. The number of nitrogens with one attached hydrogen (secondary N) is 1. The maximum atomic E-state index is 12.0. The van der Waals surface area contributed by atoms with Crippen molar-refractivity contribution in [2.24, 2.45) is 0 Å². The number of thioether (sulfide) groups is 1. The summed E-state index contributed by atoms with van der Waals surface area (Å²) >= 11 is 1.20. The number of anilines is 1. The van der Waals surface area contributed by atoms with Gasteiger partial charge >= 0.3 is 5.97 Å². The standard InChI is InChI=1S/C19H20N2O5S/c1-12-4-5-15(10-13(12)2)20-18(22)11-26-19(23)14(3)27-17-8-6-16(7-9-17)21(24)25/h4-10,14H,11H2,1-3H3,(H,20,22)/t14-/m1/s1. The van der Waals surface area contributed by atoms with Crippen LogP contribution >= 0.6 is 11.8 Å². The van der Waals surface area contributed by atoms with Crippen molar-refractivity contribution in [3.05, 3.63) is 63.7 Å². The fraction of sp³-hybridized carbons (Fsp3) is 0.263. The van der Waals surface area contributed by atoms with E-state index in [1.807, 2.05) is 26.0 Å². The Morgan fingerprint density at radius 3 is 2.41 bits per heavy atom. The minimum Gasteiger partial charge on any atom is -0.455 e. The first-order valence-corrected chi connectivity index (χ1v) is 9.09. The van der Waals surface area contributed by atoms with Gasteiger partial charge in [0.25, 0.3) is 11.6 Å². The molecule has 1 atom stereocenters. The zero-order chi connectivity index (χ0) is 20.0. The van der Waals surface area contributed by atoms with Crippen LogP contribution in [0.15, 0.2) is 47.4 Å². The summed E-state index contributed by atoms with van der Waals surface area (Å²) in [5.41, 5.74) is 2.81. The number of nitro benzene ring substituents is 1. The highest BCUT2D eigenvalue weighted by Gasteiger charge is 2.18. The van der Waals surface area contributed by atoms with Crippen LogP contribution < -0.4 is 5.32 Å². The predicted molar refractivity (Wildman–Crippen MR) is 104 cm³/mol. The van der Waals surface area contributed by atoms with Crippen molar-refractivity contribution in [2.45, 2.75) is 30.9 Å². The van der Waals surface area contributed by atoms with Gasteiger partial charge in [-0.15, -0.1) is 11.8 Å². The van der Waals surface area contributed by atoms with E-state index >= 15 is 0 Å². The quantitative estimate of drug-likeness (QED) is 0.335. The van der Waals surface area contributed by atoms with Crippen LogP contribution in [-0.4, -0.2) is 28.7 Å². The number of nitro groups is 1. The van der Waals surface area contributed by atoms with Gasteiger partial charge < -0.3 is 10.1 Å². The van der Waals surface area contributed by atoms with Crippen LogP contribution in [0.25, 0.3) is 0 Å². The molecule has 0 radical (unpaired) electrons. The molecule has 7 nitrogen and oxygen atoms in total. The van der Waals surface area contributed by atoms with Gasteiger partial charge in [-0.2, -0.15) is 0 Å². The largest absolute Gasteiger partial charge is 0.455 e. The van der Waals surface area contributed by atoms with Crippen LogP contribution in [0.1, 0.15) is 18.1 Å². The van der Waals surface area contributed by atoms with Crippen molar-refractivity contribution < 1.29 is 19.2 Å². The Hall–Kier alpha value is -2.87. The van der Waals surface area contributed by atoms with E-state index in [1.165, 1.54) is 23.9 Å². The Kier molecular flexibility index (Phi) is 6.95. The van der Waals surface area contributed by atoms with E-state index in [4.69, 9.17) is 4.74 Å². The van der Waals surface area contributed by atoms with Crippen LogP contribution in [0.2, 0.25) is 0 Å². The maximum Gasteiger partial charge on any atom is 0.319 e. The van der Waals surface area contributed by atoms with Gasteiger partial charge in [0.15, 0.2) is 6.61 Å². The topological polar surface area (TPSA) is 98.5 Å². The third-order valence-corrected chi connectivity index (χ3v) is 4.92. The van der Waals surface area contributed by atoms with E-state index in [9.17, 15) is 19.7 Å². The number of rotatable bonds is 7. The van der Waals surface area contributed by atoms with E-state index in [0.717, 1.165) is 11.1 Å². The zero-order valence-corrected chi connectivity index (χ0v) is 16.0. The first-order valence-electron chi connectivity index (χ1n) is 8.21. The molecule has 2 aromatic rings. The molecule has 0 aromatic heterocycles. The molecule has 0 saturated heterocycles. The lowest BCUT2D eigenvalue weighted by Crippen LogP contribution is -2.24. The van der Waals surface area contributed by atoms with E-state index in [0.29, 0.717) is 10.6 Å². The molecule has 142 valence electrons. The monoisotopic (exact) mass is 388 g/mol. The Bertz CT molecular complexity index is 852. The van der Waals surface area contributed by atoms with Gasteiger partial charge in [0.05, 0.1) is 4.92 Å². The number of nitrogens with zero attached hydrogens (tertiary/aromatic N) is 1. The summed E-state index contributed by atoms with van der Waals surface area (Å²) in [7, 11) is 0. The number of carbonyl (C=O) groups is 2. The zero-order valence-electron chi connectivity index (χ0n) is 15.2. The molecule has 0 aliphatic rings. The van der Waals surface area contributed by atoms with E-state index in [2.05, 4.69) is 5.32 Å². The molecule has 0 spiro atoms. The second-order valence-corrected chi connectivity index (χ2v) is 7.38. The molecule has 0 heterocycles. The van der Waals surface area contributed by atoms with E-state index < -0.39 is 22.0 Å².